The van der Waals surface area contributed by atoms with E-state index >= 15 is 0 Å². The Labute approximate surface area is 88.5 Å². The summed E-state index contributed by atoms with van der Waals surface area (Å²) < 4.78 is 24.8. The maximum atomic E-state index is 11.4. The molecule has 0 amide bonds. The van der Waals surface area contributed by atoms with Crippen LogP contribution in [0.25, 0.3) is 0 Å². The number of fused-ring (bicyclic) bond motifs is 1. The summed E-state index contributed by atoms with van der Waals surface area (Å²) >= 11 is -4.90. The molecule has 0 saturated carbocycles. The van der Waals surface area contributed by atoms with Crippen molar-refractivity contribution in [1.82, 2.24) is 0 Å². The van der Waals surface area contributed by atoms with Crippen LogP contribution in [-0.2, 0) is 6.14 Å². The third kappa shape index (κ3) is 1.53. The second-order valence-corrected chi connectivity index (χ2v) is 6.92. The first kappa shape index (κ1) is 10.2. The Morgan fingerprint density at radius 2 is 2.07 bits per heavy atom. The average Bonchev–Trinajstić information content (AvgIpc) is 2.37. The van der Waals surface area contributed by atoms with E-state index in [0.717, 1.165) is 6.07 Å². The van der Waals surface area contributed by atoms with Crippen LogP contribution >= 0.6 is 19.3 Å². The molecule has 2 rings (SSSR count). The van der Waals surface area contributed by atoms with Crippen LogP contribution in [0, 0.1) is 3.57 Å². The molecule has 1 atom stereocenters. The molecule has 1 unspecified atom stereocenters. The van der Waals surface area contributed by atoms with E-state index in [-0.39, 0.29) is 14.7 Å². The summed E-state index contributed by atoms with van der Waals surface area (Å²) in [6.07, 6.45) is 0. The molecule has 1 aromatic rings. The van der Waals surface area contributed by atoms with Gasteiger partial charge in [0.2, 0.25) is 0 Å². The van der Waals surface area contributed by atoms with Crippen LogP contribution < -0.4 is 0 Å². The number of hydrogen-bond acceptors (Lipinski definition) is 4. The van der Waals surface area contributed by atoms with Gasteiger partial charge in [-0.15, -0.1) is 0 Å². The van der Waals surface area contributed by atoms with Gasteiger partial charge >= 0.3 is 88.4 Å². The van der Waals surface area contributed by atoms with Gasteiger partial charge in [0, 0.05) is 0 Å². The molecule has 0 spiro atoms. The molecule has 1 heterocycles. The topological polar surface area (TPSA) is 101 Å². The van der Waals surface area contributed by atoms with E-state index in [0.29, 0.717) is 0 Å². The fourth-order valence-corrected chi connectivity index (χ4v) is 4.07. The van der Waals surface area contributed by atoms with Crippen molar-refractivity contribution >= 4 is 31.2 Å². The molecular formula is C8H5IO6. The predicted molar refractivity (Wildman–Crippen MR) is 54.4 cm³/mol. The summed E-state index contributed by atoms with van der Waals surface area (Å²) in [5.74, 6) is -2.11. The van der Waals surface area contributed by atoms with Crippen LogP contribution in [0.2, 0.25) is 0 Å². The van der Waals surface area contributed by atoms with Gasteiger partial charge < -0.3 is 0 Å². The fourth-order valence-electron chi connectivity index (χ4n) is 1.19. The van der Waals surface area contributed by atoms with Crippen molar-refractivity contribution in [3.8, 4) is 0 Å². The molecular weight excluding hydrogens is 319 g/mol. The van der Waals surface area contributed by atoms with Gasteiger partial charge in [0.1, 0.15) is 0 Å². The van der Waals surface area contributed by atoms with Gasteiger partial charge in [0.25, 0.3) is 0 Å². The minimum absolute atomic E-state index is 0.0334. The summed E-state index contributed by atoms with van der Waals surface area (Å²) in [7, 11) is 0. The van der Waals surface area contributed by atoms with Gasteiger partial charge in [-0.3, -0.25) is 0 Å². The first-order chi connectivity index (χ1) is 6.92. The van der Waals surface area contributed by atoms with Crippen molar-refractivity contribution in [3.63, 3.8) is 0 Å². The summed E-state index contributed by atoms with van der Waals surface area (Å²) in [5, 5.41) is 8.66. The summed E-state index contributed by atoms with van der Waals surface area (Å²) in [6.45, 7) is 0. The predicted octanol–water partition coefficient (Wildman–Crippen LogP) is 0.935. The molecule has 15 heavy (non-hydrogen) atoms. The number of carbonyl (C=O) groups excluding carboxylic acids is 1. The number of aromatic carboxylic acids is 1. The van der Waals surface area contributed by atoms with Crippen LogP contribution in [0.5, 0.6) is 0 Å². The molecule has 0 saturated heterocycles. The molecule has 1 aliphatic rings. The number of carbonyl (C=O) groups is 2. The van der Waals surface area contributed by atoms with Gasteiger partial charge in [-0.05, 0) is 0 Å². The van der Waals surface area contributed by atoms with E-state index in [2.05, 4.69) is 3.07 Å². The third-order valence-corrected chi connectivity index (χ3v) is 5.23. The molecule has 2 N–H and O–H groups in total. The molecule has 1 aromatic carbocycles. The summed E-state index contributed by atoms with van der Waals surface area (Å²) in [4.78, 5) is 21.7. The Hall–Kier alpha value is -1.35. The minimum atomic E-state index is -4.90. The second-order valence-electron chi connectivity index (χ2n) is 2.80. The van der Waals surface area contributed by atoms with Crippen LogP contribution in [0.15, 0.2) is 18.2 Å². The number of benzene rings is 1. The van der Waals surface area contributed by atoms with Crippen molar-refractivity contribution in [2.45, 2.75) is 0 Å². The Balaban J connectivity index is 2.67. The molecule has 0 bridgehead atoms. The fraction of sp³-hybridized carbons (Fsp3) is 0. The number of carboxylic acids is 1. The van der Waals surface area contributed by atoms with Gasteiger partial charge in [-0.1, -0.05) is 0 Å². The van der Waals surface area contributed by atoms with Crippen molar-refractivity contribution in [2.24, 2.45) is 0 Å². The zero-order valence-corrected chi connectivity index (χ0v) is 9.29. The Bertz CT molecular complexity index is 520. The van der Waals surface area contributed by atoms with Crippen molar-refractivity contribution < 1.29 is 24.3 Å². The Morgan fingerprint density at radius 1 is 1.40 bits per heavy atom. The maximum absolute atomic E-state index is 11.4. The molecule has 6 nitrogen and oxygen atoms in total. The first-order valence-electron chi connectivity index (χ1n) is 3.74. The Morgan fingerprint density at radius 3 is 2.67 bits per heavy atom. The SMILES string of the molecule is O=C(O)c1ccc2c(c1)I(=O)(O)OC2=O. The third-order valence-electron chi connectivity index (χ3n) is 1.87. The molecule has 0 radical (unpaired) electrons. The quantitative estimate of drug-likeness (QED) is 0.746. The molecule has 1 aliphatic heterocycles. The van der Waals surface area contributed by atoms with E-state index < -0.39 is 31.2 Å². The second kappa shape index (κ2) is 3.07. The normalized spacial score (nSPS) is 27.7. The standard InChI is InChI=1S/C8H5IO6/c10-7(11)4-1-2-5-6(3-4)9(13,14)15-8(5)12/h1-3H,(H,10,11)(H,13,14). The van der Waals surface area contributed by atoms with E-state index in [1.165, 1.54) is 12.1 Å². The van der Waals surface area contributed by atoms with Crippen molar-refractivity contribution in [2.75, 3.05) is 0 Å². The van der Waals surface area contributed by atoms with Crippen LogP contribution in [0.1, 0.15) is 20.7 Å². The number of rotatable bonds is 1. The summed E-state index contributed by atoms with van der Waals surface area (Å²) in [6, 6.07) is 3.37. The van der Waals surface area contributed by atoms with Gasteiger partial charge in [0.05, 0.1) is 0 Å². The zero-order chi connectivity index (χ0) is 11.2. The van der Waals surface area contributed by atoms with Crippen molar-refractivity contribution in [3.05, 3.63) is 32.9 Å². The van der Waals surface area contributed by atoms with Crippen molar-refractivity contribution in [1.29, 1.82) is 0 Å². The number of hydrogen-bond donors (Lipinski definition) is 2. The molecule has 0 fully saturated rings. The zero-order valence-electron chi connectivity index (χ0n) is 7.14. The van der Waals surface area contributed by atoms with E-state index in [1.807, 2.05) is 0 Å². The van der Waals surface area contributed by atoms with Gasteiger partial charge in [0.15, 0.2) is 0 Å². The van der Waals surface area contributed by atoms with E-state index in [9.17, 15) is 16.1 Å². The van der Waals surface area contributed by atoms with Gasteiger partial charge in [-0.2, -0.15) is 0 Å². The van der Waals surface area contributed by atoms with Crippen LogP contribution in [-0.4, -0.2) is 20.5 Å². The van der Waals surface area contributed by atoms with Crippen LogP contribution in [0.3, 0.4) is 0 Å². The first-order valence-corrected chi connectivity index (χ1v) is 7.55. The molecule has 0 aromatic heterocycles. The molecule has 80 valence electrons. The summed E-state index contributed by atoms with van der Waals surface area (Å²) in [5.41, 5.74) is -0.182. The van der Waals surface area contributed by atoms with E-state index in [1.54, 1.807) is 0 Å². The van der Waals surface area contributed by atoms with E-state index in [4.69, 9.17) is 5.11 Å². The Kier molecular flexibility index (Phi) is 2.08. The van der Waals surface area contributed by atoms with Crippen LogP contribution in [0.4, 0.5) is 0 Å². The monoisotopic (exact) mass is 324 g/mol. The number of carboxylic acid groups (broad SMARTS) is 1. The molecule has 7 heteroatoms. The average molecular weight is 324 g/mol. The van der Waals surface area contributed by atoms with Gasteiger partial charge in [-0.25, -0.2) is 0 Å². The number of halogens is 1. The molecule has 0 aliphatic carbocycles.